The van der Waals surface area contributed by atoms with E-state index < -0.39 is 29.1 Å². The van der Waals surface area contributed by atoms with E-state index in [4.69, 9.17) is 16.3 Å². The predicted molar refractivity (Wildman–Crippen MR) is 137 cm³/mol. The Bertz CT molecular complexity index is 1130. The van der Waals surface area contributed by atoms with E-state index in [2.05, 4.69) is 0 Å². The fourth-order valence-corrected chi connectivity index (χ4v) is 5.44. The molecule has 0 aliphatic carbocycles. The number of aliphatic hydroxyl groups is 1. The standard InChI is InChI=1S/C28H33ClF2N2O4/c1-18-10-24(11-19(2)26(18)29)37-17-28(15-25(35)32-8-4-23(34)5-9-32)6-3-7-33(16-28)27(36)20-12-21(30)14-22(31)13-20/h10-14,23,34H,3-9,15-17H2,1-2H3. The Hall–Kier alpha value is -2.71. The molecule has 2 aliphatic heterocycles. The molecule has 2 fully saturated rings. The number of piperidine rings is 2. The number of hydrogen-bond acceptors (Lipinski definition) is 4. The summed E-state index contributed by atoms with van der Waals surface area (Å²) < 4.78 is 33.8. The number of nitrogens with zero attached hydrogens (tertiary/aromatic N) is 2. The minimum Gasteiger partial charge on any atom is -0.493 e. The van der Waals surface area contributed by atoms with Crippen molar-refractivity contribution in [1.29, 1.82) is 0 Å². The minimum absolute atomic E-state index is 0.0509. The van der Waals surface area contributed by atoms with Crippen LogP contribution < -0.4 is 4.74 Å². The number of aliphatic hydroxyl groups excluding tert-OH is 1. The highest BCUT2D eigenvalue weighted by Gasteiger charge is 2.41. The van der Waals surface area contributed by atoms with Crippen LogP contribution in [0.25, 0.3) is 0 Å². The number of halogens is 3. The highest BCUT2D eigenvalue weighted by molar-refractivity contribution is 6.32. The molecule has 2 saturated heterocycles. The van der Waals surface area contributed by atoms with Crippen LogP contribution in [0.2, 0.25) is 5.02 Å². The van der Waals surface area contributed by atoms with E-state index >= 15 is 0 Å². The van der Waals surface area contributed by atoms with Gasteiger partial charge in [-0.2, -0.15) is 0 Å². The summed E-state index contributed by atoms with van der Waals surface area (Å²) in [4.78, 5) is 29.9. The topological polar surface area (TPSA) is 70.1 Å². The molecular weight excluding hydrogens is 502 g/mol. The summed E-state index contributed by atoms with van der Waals surface area (Å²) in [6.45, 7) is 5.59. The lowest BCUT2D eigenvalue weighted by Gasteiger charge is -2.43. The summed E-state index contributed by atoms with van der Waals surface area (Å²) in [5, 5.41) is 10.5. The Morgan fingerprint density at radius 1 is 1.03 bits per heavy atom. The quantitative estimate of drug-likeness (QED) is 0.572. The van der Waals surface area contributed by atoms with Crippen molar-refractivity contribution in [2.24, 2.45) is 5.41 Å². The van der Waals surface area contributed by atoms with Gasteiger partial charge >= 0.3 is 0 Å². The van der Waals surface area contributed by atoms with Gasteiger partial charge in [0.1, 0.15) is 17.4 Å². The van der Waals surface area contributed by atoms with E-state index in [0.717, 1.165) is 29.3 Å². The van der Waals surface area contributed by atoms with Gasteiger partial charge in [0.05, 0.1) is 12.7 Å². The Balaban J connectivity index is 1.57. The van der Waals surface area contributed by atoms with E-state index in [9.17, 15) is 23.5 Å². The first-order valence-corrected chi connectivity index (χ1v) is 13.0. The van der Waals surface area contributed by atoms with Crippen LogP contribution in [0.5, 0.6) is 5.75 Å². The summed E-state index contributed by atoms with van der Waals surface area (Å²) in [6, 6.07) is 6.48. The molecule has 37 heavy (non-hydrogen) atoms. The molecule has 0 spiro atoms. The van der Waals surface area contributed by atoms with Gasteiger partial charge in [0.15, 0.2) is 0 Å². The van der Waals surface area contributed by atoms with Gasteiger partial charge in [-0.05, 0) is 74.9 Å². The van der Waals surface area contributed by atoms with Crippen molar-refractivity contribution in [3.05, 3.63) is 63.7 Å². The number of amides is 2. The Morgan fingerprint density at radius 3 is 2.27 bits per heavy atom. The van der Waals surface area contributed by atoms with Gasteiger partial charge in [0, 0.05) is 54.7 Å². The van der Waals surface area contributed by atoms with Gasteiger partial charge in [-0.1, -0.05) is 11.6 Å². The van der Waals surface area contributed by atoms with Crippen LogP contribution in [-0.4, -0.2) is 65.6 Å². The van der Waals surface area contributed by atoms with E-state index in [1.807, 2.05) is 26.0 Å². The Morgan fingerprint density at radius 2 is 1.65 bits per heavy atom. The summed E-state index contributed by atoms with van der Waals surface area (Å²) in [7, 11) is 0. The molecule has 0 radical (unpaired) electrons. The SMILES string of the molecule is Cc1cc(OCC2(CC(=O)N3CCC(O)CC3)CCCN(C(=O)c3cc(F)cc(F)c3)C2)cc(C)c1Cl. The summed E-state index contributed by atoms with van der Waals surface area (Å²) in [5.41, 5.74) is 1.01. The third kappa shape index (κ3) is 6.60. The van der Waals surface area contributed by atoms with Crippen molar-refractivity contribution >= 4 is 23.4 Å². The molecule has 1 atom stereocenters. The monoisotopic (exact) mass is 534 g/mol. The van der Waals surface area contributed by atoms with Crippen molar-refractivity contribution in [3.8, 4) is 5.75 Å². The number of hydrogen-bond donors (Lipinski definition) is 1. The normalized spacial score (nSPS) is 20.7. The second kappa shape index (κ2) is 11.4. The number of rotatable bonds is 6. The number of likely N-dealkylation sites (tertiary alicyclic amines) is 2. The van der Waals surface area contributed by atoms with Crippen LogP contribution in [0.1, 0.15) is 53.6 Å². The molecule has 2 heterocycles. The van der Waals surface area contributed by atoms with E-state index in [1.165, 1.54) is 0 Å². The van der Waals surface area contributed by atoms with Crippen LogP contribution in [0, 0.1) is 30.9 Å². The minimum atomic E-state index is -0.814. The second-order valence-electron chi connectivity index (χ2n) is 10.4. The van der Waals surface area contributed by atoms with Gasteiger partial charge in [-0.3, -0.25) is 9.59 Å². The van der Waals surface area contributed by atoms with Crippen molar-refractivity contribution in [1.82, 2.24) is 9.80 Å². The van der Waals surface area contributed by atoms with Crippen molar-refractivity contribution in [2.75, 3.05) is 32.8 Å². The molecule has 9 heteroatoms. The molecule has 0 bridgehead atoms. The largest absolute Gasteiger partial charge is 0.493 e. The van der Waals surface area contributed by atoms with Crippen LogP contribution in [0.4, 0.5) is 8.78 Å². The molecule has 2 aliphatic rings. The predicted octanol–water partition coefficient (Wildman–Crippen LogP) is 4.91. The second-order valence-corrected chi connectivity index (χ2v) is 10.8. The number of carbonyl (C=O) groups excluding carboxylic acids is 2. The lowest BCUT2D eigenvalue weighted by molar-refractivity contribution is -0.137. The van der Waals surface area contributed by atoms with Crippen molar-refractivity contribution in [2.45, 2.75) is 52.1 Å². The molecule has 1 N–H and O–H groups in total. The van der Waals surface area contributed by atoms with Crippen LogP contribution in [0.3, 0.4) is 0 Å². The first kappa shape index (κ1) is 27.3. The zero-order valence-corrected chi connectivity index (χ0v) is 22.0. The average molecular weight is 535 g/mol. The number of carbonyl (C=O) groups is 2. The molecule has 1 unspecified atom stereocenters. The first-order chi connectivity index (χ1) is 17.5. The summed E-state index contributed by atoms with van der Waals surface area (Å²) in [5.74, 6) is -1.53. The first-order valence-electron chi connectivity index (χ1n) is 12.7. The summed E-state index contributed by atoms with van der Waals surface area (Å²) in [6.07, 6.45) is 2.12. The molecule has 0 aromatic heterocycles. The molecule has 6 nitrogen and oxygen atoms in total. The van der Waals surface area contributed by atoms with Crippen LogP contribution >= 0.6 is 11.6 Å². The number of ether oxygens (including phenoxy) is 1. The lowest BCUT2D eigenvalue weighted by atomic mass is 9.77. The molecule has 2 aromatic rings. The maximum absolute atomic E-state index is 13.8. The zero-order valence-electron chi connectivity index (χ0n) is 21.2. The van der Waals surface area contributed by atoms with Gasteiger partial charge in [-0.25, -0.2) is 8.78 Å². The maximum atomic E-state index is 13.8. The average Bonchev–Trinajstić information content (AvgIpc) is 2.85. The lowest BCUT2D eigenvalue weighted by Crippen LogP contribution is -2.51. The van der Waals surface area contributed by atoms with Crippen LogP contribution in [-0.2, 0) is 4.79 Å². The molecule has 4 rings (SSSR count). The smallest absolute Gasteiger partial charge is 0.254 e. The Kier molecular flexibility index (Phi) is 8.39. The fourth-order valence-electron chi connectivity index (χ4n) is 5.33. The fraction of sp³-hybridized carbons (Fsp3) is 0.500. The molecule has 2 amide bonds. The van der Waals surface area contributed by atoms with Crippen LogP contribution in [0.15, 0.2) is 30.3 Å². The Labute approximate surface area is 221 Å². The molecule has 200 valence electrons. The number of benzene rings is 2. The molecule has 2 aromatic carbocycles. The maximum Gasteiger partial charge on any atom is 0.254 e. The highest BCUT2D eigenvalue weighted by atomic mass is 35.5. The van der Waals surface area contributed by atoms with Crippen molar-refractivity contribution in [3.63, 3.8) is 0 Å². The van der Waals surface area contributed by atoms with Gasteiger partial charge in [-0.15, -0.1) is 0 Å². The highest BCUT2D eigenvalue weighted by Crippen LogP contribution is 2.37. The van der Waals surface area contributed by atoms with Gasteiger partial charge < -0.3 is 19.6 Å². The third-order valence-corrected chi connectivity index (χ3v) is 7.95. The summed E-state index contributed by atoms with van der Waals surface area (Å²) >= 11 is 6.30. The zero-order chi connectivity index (χ0) is 26.7. The van der Waals surface area contributed by atoms with Gasteiger partial charge in [0.25, 0.3) is 5.91 Å². The molecular formula is C28H33ClF2N2O4. The van der Waals surface area contributed by atoms with E-state index in [0.29, 0.717) is 56.1 Å². The molecule has 0 saturated carbocycles. The third-order valence-electron chi connectivity index (χ3n) is 7.36. The van der Waals surface area contributed by atoms with E-state index in [-0.39, 0.29) is 31.0 Å². The number of aryl methyl sites for hydroxylation is 2. The van der Waals surface area contributed by atoms with E-state index in [1.54, 1.807) is 9.80 Å². The van der Waals surface area contributed by atoms with Crippen molar-refractivity contribution < 1.29 is 28.2 Å². The van der Waals surface area contributed by atoms with Gasteiger partial charge in [0.2, 0.25) is 5.91 Å².